The highest BCUT2D eigenvalue weighted by Gasteiger charge is 2.17. The quantitative estimate of drug-likeness (QED) is 0.541. The van der Waals surface area contributed by atoms with Crippen LogP contribution in [0.25, 0.3) is 0 Å². The molecule has 0 radical (unpaired) electrons. The van der Waals surface area contributed by atoms with Gasteiger partial charge in [0, 0.05) is 6.92 Å². The van der Waals surface area contributed by atoms with Crippen LogP contribution >= 0.6 is 0 Å². The Bertz CT molecular complexity index is 266. The standard InChI is InChI=1S/C9H15NO5/c1-6(11)14-7(12)5-10-8(13)15-9(2,3)4/h5H2,1-4H3,(H,10,13). The maximum Gasteiger partial charge on any atom is 0.408 e. The van der Waals surface area contributed by atoms with Crippen molar-refractivity contribution in [2.24, 2.45) is 0 Å². The maximum atomic E-state index is 11.0. The van der Waals surface area contributed by atoms with E-state index in [1.807, 2.05) is 0 Å². The average Bonchev–Trinajstić information content (AvgIpc) is 1.96. The third kappa shape index (κ3) is 8.73. The van der Waals surface area contributed by atoms with Gasteiger partial charge in [-0.2, -0.15) is 0 Å². The Kier molecular flexibility index (Phi) is 4.77. The van der Waals surface area contributed by atoms with Crippen LogP contribution in [-0.2, 0) is 19.1 Å². The maximum absolute atomic E-state index is 11.0. The summed E-state index contributed by atoms with van der Waals surface area (Å²) in [7, 11) is 0. The van der Waals surface area contributed by atoms with E-state index >= 15 is 0 Å². The summed E-state index contributed by atoms with van der Waals surface area (Å²) in [4.78, 5) is 32.2. The molecule has 86 valence electrons. The van der Waals surface area contributed by atoms with Crippen LogP contribution in [-0.4, -0.2) is 30.2 Å². The van der Waals surface area contributed by atoms with E-state index in [0.717, 1.165) is 6.92 Å². The Hall–Kier alpha value is -1.59. The van der Waals surface area contributed by atoms with Gasteiger partial charge in [0.05, 0.1) is 0 Å². The van der Waals surface area contributed by atoms with Crippen molar-refractivity contribution >= 4 is 18.0 Å². The molecule has 0 aliphatic heterocycles. The summed E-state index contributed by atoms with van der Waals surface area (Å²) in [5, 5.41) is 2.16. The van der Waals surface area contributed by atoms with Crippen molar-refractivity contribution in [3.63, 3.8) is 0 Å². The Morgan fingerprint density at radius 3 is 2.13 bits per heavy atom. The lowest BCUT2D eigenvalue weighted by molar-refractivity contribution is -0.157. The van der Waals surface area contributed by atoms with Crippen molar-refractivity contribution in [1.29, 1.82) is 0 Å². The zero-order chi connectivity index (χ0) is 12.1. The van der Waals surface area contributed by atoms with Crippen LogP contribution in [0.2, 0.25) is 0 Å². The largest absolute Gasteiger partial charge is 0.444 e. The smallest absolute Gasteiger partial charge is 0.408 e. The normalized spacial score (nSPS) is 10.4. The molecule has 0 unspecified atom stereocenters. The number of hydrogen-bond acceptors (Lipinski definition) is 5. The van der Waals surface area contributed by atoms with Crippen molar-refractivity contribution < 1.29 is 23.9 Å². The van der Waals surface area contributed by atoms with Gasteiger partial charge in [-0.05, 0) is 20.8 Å². The summed E-state index contributed by atoms with van der Waals surface area (Å²) >= 11 is 0. The van der Waals surface area contributed by atoms with Crippen LogP contribution in [0.1, 0.15) is 27.7 Å². The zero-order valence-corrected chi connectivity index (χ0v) is 9.25. The number of alkyl carbamates (subject to hydrolysis) is 1. The van der Waals surface area contributed by atoms with Gasteiger partial charge >= 0.3 is 18.0 Å². The topological polar surface area (TPSA) is 81.7 Å². The van der Waals surface area contributed by atoms with E-state index in [0.29, 0.717) is 0 Å². The van der Waals surface area contributed by atoms with E-state index in [1.54, 1.807) is 20.8 Å². The second kappa shape index (κ2) is 5.33. The third-order valence-electron chi connectivity index (χ3n) is 1.03. The molecular weight excluding hydrogens is 202 g/mol. The molecule has 0 bridgehead atoms. The molecule has 0 spiro atoms. The Morgan fingerprint density at radius 2 is 1.73 bits per heavy atom. The number of amides is 1. The Balaban J connectivity index is 3.82. The molecular formula is C9H15NO5. The molecule has 0 saturated heterocycles. The Morgan fingerprint density at radius 1 is 1.20 bits per heavy atom. The first-order chi connectivity index (χ1) is 6.70. The van der Waals surface area contributed by atoms with Gasteiger partial charge in [-0.1, -0.05) is 0 Å². The van der Waals surface area contributed by atoms with E-state index in [1.165, 1.54) is 0 Å². The number of carbonyl (C=O) groups excluding carboxylic acids is 3. The monoisotopic (exact) mass is 217 g/mol. The number of carbonyl (C=O) groups is 3. The molecule has 1 amide bonds. The number of ether oxygens (including phenoxy) is 2. The highest BCUT2D eigenvalue weighted by atomic mass is 16.6. The third-order valence-corrected chi connectivity index (χ3v) is 1.03. The zero-order valence-electron chi connectivity index (χ0n) is 9.25. The minimum Gasteiger partial charge on any atom is -0.444 e. The summed E-state index contributed by atoms with van der Waals surface area (Å²) in [6, 6.07) is 0. The first-order valence-corrected chi connectivity index (χ1v) is 4.39. The van der Waals surface area contributed by atoms with Gasteiger partial charge in [0.1, 0.15) is 12.1 Å². The average molecular weight is 217 g/mol. The molecule has 0 saturated carbocycles. The lowest BCUT2D eigenvalue weighted by Gasteiger charge is -2.19. The summed E-state index contributed by atoms with van der Waals surface area (Å²) in [6.45, 7) is 5.79. The first kappa shape index (κ1) is 13.4. The molecule has 0 aliphatic rings. The number of rotatable bonds is 2. The molecule has 0 heterocycles. The summed E-state index contributed by atoms with van der Waals surface area (Å²) in [6.07, 6.45) is -0.733. The van der Waals surface area contributed by atoms with Crippen LogP contribution < -0.4 is 5.32 Å². The SMILES string of the molecule is CC(=O)OC(=O)CNC(=O)OC(C)(C)C. The predicted octanol–water partition coefficient (Wildman–Crippen LogP) is 0.601. The van der Waals surface area contributed by atoms with Gasteiger partial charge in [-0.15, -0.1) is 0 Å². The van der Waals surface area contributed by atoms with Crippen LogP contribution in [0.5, 0.6) is 0 Å². The molecule has 15 heavy (non-hydrogen) atoms. The number of hydrogen-bond donors (Lipinski definition) is 1. The highest BCUT2D eigenvalue weighted by molar-refractivity contribution is 5.87. The van der Waals surface area contributed by atoms with Gasteiger partial charge in [0.2, 0.25) is 0 Å². The molecule has 0 aromatic heterocycles. The van der Waals surface area contributed by atoms with E-state index in [4.69, 9.17) is 4.74 Å². The van der Waals surface area contributed by atoms with Crippen molar-refractivity contribution in [2.75, 3.05) is 6.54 Å². The van der Waals surface area contributed by atoms with Gasteiger partial charge < -0.3 is 14.8 Å². The van der Waals surface area contributed by atoms with E-state index in [-0.39, 0.29) is 0 Å². The van der Waals surface area contributed by atoms with Gasteiger partial charge in [-0.3, -0.25) is 4.79 Å². The van der Waals surface area contributed by atoms with Gasteiger partial charge in [0.25, 0.3) is 0 Å². The van der Waals surface area contributed by atoms with Crippen molar-refractivity contribution in [3.05, 3.63) is 0 Å². The van der Waals surface area contributed by atoms with E-state index in [2.05, 4.69) is 10.1 Å². The summed E-state index contributed by atoms with van der Waals surface area (Å²) < 4.78 is 9.03. The fraction of sp³-hybridized carbons (Fsp3) is 0.667. The van der Waals surface area contributed by atoms with Crippen molar-refractivity contribution in [1.82, 2.24) is 5.32 Å². The molecule has 0 atom stereocenters. The molecule has 6 nitrogen and oxygen atoms in total. The molecule has 0 fully saturated rings. The van der Waals surface area contributed by atoms with E-state index < -0.39 is 30.2 Å². The minimum absolute atomic E-state index is 0.394. The minimum atomic E-state index is -0.826. The van der Waals surface area contributed by atoms with Crippen LogP contribution in [0, 0.1) is 0 Å². The molecule has 1 N–H and O–H groups in total. The Labute approximate surface area is 87.9 Å². The molecule has 0 aromatic rings. The second-order valence-electron chi connectivity index (χ2n) is 3.82. The second-order valence-corrected chi connectivity index (χ2v) is 3.82. The molecule has 0 rings (SSSR count). The highest BCUT2D eigenvalue weighted by Crippen LogP contribution is 2.05. The fourth-order valence-electron chi connectivity index (χ4n) is 0.655. The molecule has 0 aliphatic carbocycles. The van der Waals surface area contributed by atoms with Crippen LogP contribution in [0.4, 0.5) is 4.79 Å². The lowest BCUT2D eigenvalue weighted by atomic mass is 10.2. The van der Waals surface area contributed by atoms with Crippen molar-refractivity contribution in [3.8, 4) is 0 Å². The first-order valence-electron chi connectivity index (χ1n) is 4.39. The lowest BCUT2D eigenvalue weighted by Crippen LogP contribution is -2.36. The van der Waals surface area contributed by atoms with E-state index in [9.17, 15) is 14.4 Å². The number of esters is 2. The predicted molar refractivity (Wildman–Crippen MR) is 51.0 cm³/mol. The summed E-state index contributed by atoms with van der Waals surface area (Å²) in [5.41, 5.74) is -0.630. The van der Waals surface area contributed by atoms with Gasteiger partial charge in [-0.25, -0.2) is 9.59 Å². The summed E-state index contributed by atoms with van der Waals surface area (Å²) in [5.74, 6) is -1.54. The fourth-order valence-corrected chi connectivity index (χ4v) is 0.655. The van der Waals surface area contributed by atoms with Crippen LogP contribution in [0.15, 0.2) is 0 Å². The van der Waals surface area contributed by atoms with Crippen LogP contribution in [0.3, 0.4) is 0 Å². The number of nitrogens with one attached hydrogen (secondary N) is 1. The molecule has 0 aromatic carbocycles. The van der Waals surface area contributed by atoms with Gasteiger partial charge in [0.15, 0.2) is 0 Å². The van der Waals surface area contributed by atoms with Crippen molar-refractivity contribution in [2.45, 2.75) is 33.3 Å². The molecule has 6 heteroatoms.